The van der Waals surface area contributed by atoms with Crippen molar-refractivity contribution < 1.29 is 0 Å². The molecule has 1 aromatic rings. The first kappa shape index (κ1) is 13.6. The molecule has 0 radical (unpaired) electrons. The smallest absolute Gasteiger partial charge is 0.0136 e. The van der Waals surface area contributed by atoms with Crippen LogP contribution < -0.4 is 0 Å². The number of benzene rings is 1. The van der Waals surface area contributed by atoms with Gasteiger partial charge in [0.15, 0.2) is 0 Å². The van der Waals surface area contributed by atoms with Crippen molar-refractivity contribution in [2.75, 3.05) is 13.1 Å². The summed E-state index contributed by atoms with van der Waals surface area (Å²) in [6.45, 7) is 4.95. The molecule has 1 unspecified atom stereocenters. The van der Waals surface area contributed by atoms with E-state index in [9.17, 15) is 0 Å². The van der Waals surface area contributed by atoms with Crippen molar-refractivity contribution in [1.82, 2.24) is 4.90 Å². The average Bonchev–Trinajstić information content (AvgIpc) is 2.68. The van der Waals surface area contributed by atoms with Crippen LogP contribution in [0.5, 0.6) is 0 Å². The van der Waals surface area contributed by atoms with Gasteiger partial charge in [-0.1, -0.05) is 56.5 Å². The van der Waals surface area contributed by atoms with Crippen molar-refractivity contribution in [1.29, 1.82) is 0 Å². The summed E-state index contributed by atoms with van der Waals surface area (Å²) in [6, 6.07) is 11.8. The van der Waals surface area contributed by atoms with E-state index in [1.54, 1.807) is 0 Å². The van der Waals surface area contributed by atoms with Crippen molar-refractivity contribution in [3.63, 3.8) is 0 Å². The molecule has 0 amide bonds. The Balaban J connectivity index is 1.97. The number of rotatable bonds is 5. The predicted molar refractivity (Wildman–Crippen MR) is 78.9 cm³/mol. The zero-order valence-corrected chi connectivity index (χ0v) is 11.8. The van der Waals surface area contributed by atoms with Crippen LogP contribution in [0.25, 0.3) is 0 Å². The van der Waals surface area contributed by atoms with Gasteiger partial charge in [0.1, 0.15) is 0 Å². The summed E-state index contributed by atoms with van der Waals surface area (Å²) in [5, 5.41) is 0. The van der Waals surface area contributed by atoms with Crippen LogP contribution in [0, 0.1) is 0 Å². The SMILES string of the molecule is CCCC(Cc1ccccc1)N1CCCCCC1. The van der Waals surface area contributed by atoms with E-state index in [1.807, 2.05) is 0 Å². The van der Waals surface area contributed by atoms with E-state index < -0.39 is 0 Å². The monoisotopic (exact) mass is 245 g/mol. The number of nitrogens with zero attached hydrogens (tertiary/aromatic N) is 1. The van der Waals surface area contributed by atoms with E-state index in [-0.39, 0.29) is 0 Å². The molecule has 0 aliphatic carbocycles. The van der Waals surface area contributed by atoms with Gasteiger partial charge in [0.05, 0.1) is 0 Å². The molecule has 0 aromatic heterocycles. The van der Waals surface area contributed by atoms with Crippen LogP contribution in [-0.4, -0.2) is 24.0 Å². The van der Waals surface area contributed by atoms with Gasteiger partial charge in [-0.3, -0.25) is 0 Å². The second kappa shape index (κ2) is 7.58. The summed E-state index contributed by atoms with van der Waals surface area (Å²) in [6.07, 6.45) is 9.53. The van der Waals surface area contributed by atoms with Crippen LogP contribution in [0.1, 0.15) is 51.0 Å². The molecule has 1 heterocycles. The van der Waals surface area contributed by atoms with Gasteiger partial charge in [0.2, 0.25) is 0 Å². The van der Waals surface area contributed by atoms with E-state index in [1.165, 1.54) is 63.6 Å². The minimum Gasteiger partial charge on any atom is -0.300 e. The first-order valence-electron chi connectivity index (χ1n) is 7.68. The van der Waals surface area contributed by atoms with Crippen molar-refractivity contribution in [2.24, 2.45) is 0 Å². The van der Waals surface area contributed by atoms with Crippen molar-refractivity contribution in [2.45, 2.75) is 57.9 Å². The summed E-state index contributed by atoms with van der Waals surface area (Å²) >= 11 is 0. The molecular formula is C17H27N. The van der Waals surface area contributed by atoms with E-state index in [0.717, 1.165) is 6.04 Å². The molecule has 0 bridgehead atoms. The van der Waals surface area contributed by atoms with Crippen LogP contribution in [0.3, 0.4) is 0 Å². The maximum Gasteiger partial charge on any atom is 0.0136 e. The van der Waals surface area contributed by atoms with Gasteiger partial charge in [0, 0.05) is 6.04 Å². The molecule has 1 saturated heterocycles. The maximum atomic E-state index is 2.75. The summed E-state index contributed by atoms with van der Waals surface area (Å²) in [5.74, 6) is 0. The van der Waals surface area contributed by atoms with E-state index in [2.05, 4.69) is 42.2 Å². The first-order chi connectivity index (χ1) is 8.90. The Bertz CT molecular complexity index is 312. The minimum atomic E-state index is 0.760. The summed E-state index contributed by atoms with van der Waals surface area (Å²) < 4.78 is 0. The lowest BCUT2D eigenvalue weighted by atomic mass is 10.0. The van der Waals surface area contributed by atoms with Crippen molar-refractivity contribution in [3.8, 4) is 0 Å². The summed E-state index contributed by atoms with van der Waals surface area (Å²) in [5.41, 5.74) is 1.50. The standard InChI is InChI=1S/C17H27N/c1-2-10-17(15-16-11-6-5-7-12-16)18-13-8-3-4-9-14-18/h5-7,11-12,17H,2-4,8-10,13-15H2,1H3. The fraction of sp³-hybridized carbons (Fsp3) is 0.647. The van der Waals surface area contributed by atoms with E-state index in [4.69, 9.17) is 0 Å². The van der Waals surface area contributed by atoms with E-state index >= 15 is 0 Å². The van der Waals surface area contributed by atoms with Gasteiger partial charge in [-0.2, -0.15) is 0 Å². The largest absolute Gasteiger partial charge is 0.300 e. The number of likely N-dealkylation sites (tertiary alicyclic amines) is 1. The molecule has 0 saturated carbocycles. The highest BCUT2D eigenvalue weighted by Crippen LogP contribution is 2.18. The minimum absolute atomic E-state index is 0.760. The van der Waals surface area contributed by atoms with Gasteiger partial charge in [0.25, 0.3) is 0 Å². The number of hydrogen-bond acceptors (Lipinski definition) is 1. The molecule has 100 valence electrons. The molecule has 1 fully saturated rings. The van der Waals surface area contributed by atoms with Crippen LogP contribution >= 0.6 is 0 Å². The van der Waals surface area contributed by atoms with Gasteiger partial charge in [-0.15, -0.1) is 0 Å². The Morgan fingerprint density at radius 3 is 2.28 bits per heavy atom. The Morgan fingerprint density at radius 1 is 1.00 bits per heavy atom. The first-order valence-corrected chi connectivity index (χ1v) is 7.68. The molecule has 2 rings (SSSR count). The lowest BCUT2D eigenvalue weighted by Gasteiger charge is -2.30. The van der Waals surface area contributed by atoms with Gasteiger partial charge in [-0.05, 0) is 44.3 Å². The predicted octanol–water partition coefficient (Wildman–Crippen LogP) is 4.27. The van der Waals surface area contributed by atoms with Crippen molar-refractivity contribution in [3.05, 3.63) is 35.9 Å². The third kappa shape index (κ3) is 4.13. The molecule has 1 aromatic carbocycles. The number of hydrogen-bond donors (Lipinski definition) is 0. The fourth-order valence-electron chi connectivity index (χ4n) is 3.09. The lowest BCUT2D eigenvalue weighted by Crippen LogP contribution is -2.37. The molecule has 1 heteroatoms. The molecule has 1 atom stereocenters. The summed E-state index contributed by atoms with van der Waals surface area (Å²) in [7, 11) is 0. The third-order valence-electron chi connectivity index (χ3n) is 4.09. The van der Waals surface area contributed by atoms with Gasteiger partial charge >= 0.3 is 0 Å². The van der Waals surface area contributed by atoms with E-state index in [0.29, 0.717) is 0 Å². The fourth-order valence-corrected chi connectivity index (χ4v) is 3.09. The molecular weight excluding hydrogens is 218 g/mol. The molecule has 18 heavy (non-hydrogen) atoms. The van der Waals surface area contributed by atoms with Crippen LogP contribution in [0.2, 0.25) is 0 Å². The summed E-state index contributed by atoms with van der Waals surface area (Å²) in [4.78, 5) is 2.75. The molecule has 1 nitrogen and oxygen atoms in total. The van der Waals surface area contributed by atoms with Crippen LogP contribution in [-0.2, 0) is 6.42 Å². The quantitative estimate of drug-likeness (QED) is 0.748. The third-order valence-corrected chi connectivity index (χ3v) is 4.09. The highest BCUT2D eigenvalue weighted by Gasteiger charge is 2.19. The molecule has 1 aliphatic heterocycles. The highest BCUT2D eigenvalue weighted by atomic mass is 15.1. The molecule has 0 N–H and O–H groups in total. The van der Waals surface area contributed by atoms with Gasteiger partial charge < -0.3 is 4.90 Å². The second-order valence-electron chi connectivity index (χ2n) is 5.58. The Morgan fingerprint density at radius 2 is 1.67 bits per heavy atom. The van der Waals surface area contributed by atoms with Gasteiger partial charge in [-0.25, -0.2) is 0 Å². The molecule has 0 spiro atoms. The average molecular weight is 245 g/mol. The highest BCUT2D eigenvalue weighted by molar-refractivity contribution is 5.16. The molecule has 1 aliphatic rings. The lowest BCUT2D eigenvalue weighted by molar-refractivity contribution is 0.191. The Hall–Kier alpha value is -0.820. The maximum absolute atomic E-state index is 2.75. The van der Waals surface area contributed by atoms with Crippen LogP contribution in [0.4, 0.5) is 0 Å². The zero-order chi connectivity index (χ0) is 12.6. The van der Waals surface area contributed by atoms with Crippen LogP contribution in [0.15, 0.2) is 30.3 Å². The zero-order valence-electron chi connectivity index (χ0n) is 11.8. The Kier molecular flexibility index (Phi) is 5.73. The van der Waals surface area contributed by atoms with Crippen molar-refractivity contribution >= 4 is 0 Å². The normalized spacial score (nSPS) is 19.4. The Labute approximate surface area is 112 Å². The second-order valence-corrected chi connectivity index (χ2v) is 5.58. The topological polar surface area (TPSA) is 3.24 Å².